The van der Waals surface area contributed by atoms with Gasteiger partial charge < -0.3 is 15.0 Å². The molecule has 0 radical (unpaired) electrons. The Morgan fingerprint density at radius 3 is 3.17 bits per heavy atom. The summed E-state index contributed by atoms with van der Waals surface area (Å²) in [5.74, 6) is 0.919. The summed E-state index contributed by atoms with van der Waals surface area (Å²) in [6.07, 6.45) is 5.79. The Bertz CT molecular complexity index is 680. The van der Waals surface area contributed by atoms with Crippen molar-refractivity contribution in [3.05, 3.63) is 23.3 Å². The van der Waals surface area contributed by atoms with Crippen LogP contribution in [0.3, 0.4) is 0 Å². The molecule has 2 atom stereocenters. The van der Waals surface area contributed by atoms with Gasteiger partial charge in [0.15, 0.2) is 10.9 Å². The molecule has 1 amide bonds. The van der Waals surface area contributed by atoms with Crippen LogP contribution in [0.4, 0.5) is 10.9 Å². The molecule has 128 valence electrons. The van der Waals surface area contributed by atoms with Crippen molar-refractivity contribution in [3.8, 4) is 0 Å². The number of ether oxygens (including phenoxy) is 1. The Labute approximate surface area is 144 Å². The molecule has 0 spiro atoms. The Hall–Kier alpha value is -1.93. The van der Waals surface area contributed by atoms with E-state index in [0.29, 0.717) is 11.7 Å². The van der Waals surface area contributed by atoms with Crippen LogP contribution < -0.4 is 10.2 Å². The number of aromatic amines is 1. The van der Waals surface area contributed by atoms with Crippen LogP contribution in [0, 0.1) is 0 Å². The number of carbonyl (C=O) groups excluding carboxylic acids is 1. The minimum absolute atomic E-state index is 0.0133. The molecule has 2 fully saturated rings. The SMILES string of the molecule is O=C(Nc1cc(C2CCCOC2)[nH]n1)C1CCCN1c1nccs1. The molecule has 2 aliphatic heterocycles. The third kappa shape index (κ3) is 3.16. The quantitative estimate of drug-likeness (QED) is 0.887. The van der Waals surface area contributed by atoms with Gasteiger partial charge in [0.1, 0.15) is 6.04 Å². The van der Waals surface area contributed by atoms with Gasteiger partial charge in [-0.15, -0.1) is 11.3 Å². The van der Waals surface area contributed by atoms with E-state index in [4.69, 9.17) is 4.74 Å². The first-order valence-corrected chi connectivity index (χ1v) is 9.29. The van der Waals surface area contributed by atoms with Gasteiger partial charge in [0, 0.05) is 42.4 Å². The lowest BCUT2D eigenvalue weighted by Crippen LogP contribution is -2.39. The summed E-state index contributed by atoms with van der Waals surface area (Å²) in [7, 11) is 0. The van der Waals surface area contributed by atoms with Gasteiger partial charge in [-0.1, -0.05) is 0 Å². The molecule has 2 saturated heterocycles. The standard InChI is InChI=1S/C16H21N5O2S/c22-15(13-4-1-6-21(13)16-17-5-8-24-16)18-14-9-12(19-20-14)11-3-2-7-23-10-11/h5,8-9,11,13H,1-4,6-7,10H2,(H2,18,19,20,22). The molecule has 2 N–H and O–H groups in total. The van der Waals surface area contributed by atoms with Gasteiger partial charge in [-0.3, -0.25) is 9.89 Å². The number of H-pyrrole nitrogens is 1. The predicted molar refractivity (Wildman–Crippen MR) is 92.5 cm³/mol. The monoisotopic (exact) mass is 347 g/mol. The largest absolute Gasteiger partial charge is 0.381 e. The topological polar surface area (TPSA) is 83.1 Å². The Kier molecular flexibility index (Phi) is 4.48. The number of hydrogen-bond acceptors (Lipinski definition) is 6. The molecular weight excluding hydrogens is 326 g/mol. The first-order valence-electron chi connectivity index (χ1n) is 8.41. The molecule has 0 aromatic carbocycles. The van der Waals surface area contributed by atoms with Crippen LogP contribution in [0.1, 0.15) is 37.3 Å². The fourth-order valence-corrected chi connectivity index (χ4v) is 4.15. The summed E-state index contributed by atoms with van der Waals surface area (Å²) >= 11 is 1.57. The van der Waals surface area contributed by atoms with Gasteiger partial charge in [0.05, 0.1) is 6.61 Å². The molecule has 2 aliphatic rings. The molecule has 7 nitrogen and oxygen atoms in total. The minimum atomic E-state index is -0.172. The van der Waals surface area contributed by atoms with E-state index in [-0.39, 0.29) is 11.9 Å². The van der Waals surface area contributed by atoms with Gasteiger partial charge in [-0.2, -0.15) is 5.10 Å². The highest BCUT2D eigenvalue weighted by atomic mass is 32.1. The molecule has 2 aromatic heterocycles. The van der Waals surface area contributed by atoms with Crippen molar-refractivity contribution in [2.75, 3.05) is 30.0 Å². The highest BCUT2D eigenvalue weighted by Gasteiger charge is 2.32. The number of carbonyl (C=O) groups is 1. The number of amides is 1. The van der Waals surface area contributed by atoms with E-state index in [1.54, 1.807) is 17.5 Å². The van der Waals surface area contributed by atoms with Gasteiger partial charge >= 0.3 is 0 Å². The van der Waals surface area contributed by atoms with Crippen LogP contribution in [0.25, 0.3) is 0 Å². The second-order valence-electron chi connectivity index (χ2n) is 6.28. The first-order chi connectivity index (χ1) is 11.8. The van der Waals surface area contributed by atoms with Gasteiger partial charge in [-0.25, -0.2) is 4.98 Å². The number of hydrogen-bond donors (Lipinski definition) is 2. The van der Waals surface area contributed by atoms with Crippen LogP contribution in [0.5, 0.6) is 0 Å². The van der Waals surface area contributed by atoms with E-state index in [0.717, 1.165) is 56.3 Å². The lowest BCUT2D eigenvalue weighted by Gasteiger charge is -2.22. The van der Waals surface area contributed by atoms with Crippen molar-refractivity contribution in [3.63, 3.8) is 0 Å². The van der Waals surface area contributed by atoms with Crippen LogP contribution in [0.15, 0.2) is 17.6 Å². The van der Waals surface area contributed by atoms with Crippen LogP contribution >= 0.6 is 11.3 Å². The van der Waals surface area contributed by atoms with Crippen molar-refractivity contribution in [2.45, 2.75) is 37.6 Å². The van der Waals surface area contributed by atoms with Gasteiger partial charge in [-0.05, 0) is 25.7 Å². The van der Waals surface area contributed by atoms with E-state index in [1.165, 1.54) is 0 Å². The maximum absolute atomic E-state index is 12.7. The lowest BCUT2D eigenvalue weighted by atomic mass is 9.99. The summed E-state index contributed by atoms with van der Waals surface area (Å²) in [5.41, 5.74) is 1.04. The van der Waals surface area contributed by atoms with Crippen molar-refractivity contribution < 1.29 is 9.53 Å². The summed E-state index contributed by atoms with van der Waals surface area (Å²) in [6, 6.07) is 1.76. The molecule has 24 heavy (non-hydrogen) atoms. The van der Waals surface area contributed by atoms with E-state index >= 15 is 0 Å². The van der Waals surface area contributed by atoms with Crippen LogP contribution in [-0.4, -0.2) is 46.9 Å². The highest BCUT2D eigenvalue weighted by Crippen LogP contribution is 2.29. The zero-order valence-corrected chi connectivity index (χ0v) is 14.2. The molecular formula is C16H21N5O2S. The highest BCUT2D eigenvalue weighted by molar-refractivity contribution is 7.13. The van der Waals surface area contributed by atoms with Crippen LogP contribution in [-0.2, 0) is 9.53 Å². The number of nitrogens with one attached hydrogen (secondary N) is 2. The molecule has 0 saturated carbocycles. The van der Waals surface area contributed by atoms with Gasteiger partial charge in [0.25, 0.3) is 0 Å². The Balaban J connectivity index is 1.41. The number of thiazole rings is 1. The fourth-order valence-electron chi connectivity index (χ4n) is 3.43. The zero-order valence-electron chi connectivity index (χ0n) is 13.4. The summed E-state index contributed by atoms with van der Waals surface area (Å²) < 4.78 is 5.52. The van der Waals surface area contributed by atoms with E-state index < -0.39 is 0 Å². The smallest absolute Gasteiger partial charge is 0.248 e. The average Bonchev–Trinajstić information content (AvgIpc) is 3.36. The maximum atomic E-state index is 12.7. The Morgan fingerprint density at radius 2 is 2.38 bits per heavy atom. The third-order valence-electron chi connectivity index (χ3n) is 4.67. The molecule has 4 rings (SSSR count). The second-order valence-corrected chi connectivity index (χ2v) is 7.15. The minimum Gasteiger partial charge on any atom is -0.381 e. The molecule has 2 aromatic rings. The number of rotatable bonds is 4. The molecule has 0 aliphatic carbocycles. The maximum Gasteiger partial charge on any atom is 0.248 e. The Morgan fingerprint density at radius 1 is 1.42 bits per heavy atom. The molecule has 2 unspecified atom stereocenters. The number of aromatic nitrogens is 3. The van der Waals surface area contributed by atoms with Crippen LogP contribution in [0.2, 0.25) is 0 Å². The molecule has 8 heteroatoms. The fraction of sp³-hybridized carbons (Fsp3) is 0.562. The van der Waals surface area contributed by atoms with Crippen molar-refractivity contribution in [2.24, 2.45) is 0 Å². The predicted octanol–water partition coefficient (Wildman–Crippen LogP) is 2.37. The zero-order chi connectivity index (χ0) is 16.4. The van der Waals surface area contributed by atoms with Gasteiger partial charge in [0.2, 0.25) is 5.91 Å². The van der Waals surface area contributed by atoms with E-state index in [1.807, 2.05) is 11.4 Å². The molecule has 4 heterocycles. The average molecular weight is 347 g/mol. The van der Waals surface area contributed by atoms with E-state index in [9.17, 15) is 4.79 Å². The summed E-state index contributed by atoms with van der Waals surface area (Å²) in [5, 5.41) is 13.1. The third-order valence-corrected chi connectivity index (χ3v) is 5.48. The lowest BCUT2D eigenvalue weighted by molar-refractivity contribution is -0.117. The van der Waals surface area contributed by atoms with E-state index in [2.05, 4.69) is 25.4 Å². The van der Waals surface area contributed by atoms with Crippen molar-refractivity contribution in [1.29, 1.82) is 0 Å². The molecule has 0 bridgehead atoms. The van der Waals surface area contributed by atoms with Crippen molar-refractivity contribution >= 4 is 28.2 Å². The second kappa shape index (κ2) is 6.90. The summed E-state index contributed by atoms with van der Waals surface area (Å²) in [6.45, 7) is 2.43. The van der Waals surface area contributed by atoms with Crippen molar-refractivity contribution in [1.82, 2.24) is 15.2 Å². The normalized spacial score (nSPS) is 24.2. The first kappa shape index (κ1) is 15.6. The number of anilines is 2. The summed E-state index contributed by atoms with van der Waals surface area (Å²) in [4.78, 5) is 19.1. The number of nitrogens with zero attached hydrogens (tertiary/aromatic N) is 3.